The summed E-state index contributed by atoms with van der Waals surface area (Å²) in [5.41, 5.74) is 2.08. The van der Waals surface area contributed by atoms with Gasteiger partial charge in [-0.05, 0) is 12.5 Å². The SMILES string of the molecule is Cc1ccc([C@@H]2[C@H](C#N)[C@@H]2S(C)(=O)=O)cc1. The predicted molar refractivity (Wildman–Crippen MR) is 61.7 cm³/mol. The van der Waals surface area contributed by atoms with E-state index in [-0.39, 0.29) is 11.8 Å². The average molecular weight is 235 g/mol. The van der Waals surface area contributed by atoms with Crippen LogP contribution in [0.3, 0.4) is 0 Å². The molecular formula is C12H13NO2S. The maximum atomic E-state index is 11.5. The highest BCUT2D eigenvalue weighted by Crippen LogP contribution is 2.51. The molecule has 1 aromatic rings. The number of aryl methyl sites for hydroxylation is 1. The maximum absolute atomic E-state index is 11.5. The van der Waals surface area contributed by atoms with Gasteiger partial charge in [0.2, 0.25) is 0 Å². The van der Waals surface area contributed by atoms with Crippen molar-refractivity contribution in [2.45, 2.75) is 18.1 Å². The molecule has 0 saturated heterocycles. The van der Waals surface area contributed by atoms with Crippen LogP contribution in [-0.4, -0.2) is 19.9 Å². The molecule has 0 spiro atoms. The fourth-order valence-electron chi connectivity index (χ4n) is 2.16. The van der Waals surface area contributed by atoms with E-state index in [1.165, 1.54) is 6.26 Å². The van der Waals surface area contributed by atoms with E-state index in [9.17, 15) is 8.42 Å². The Balaban J connectivity index is 2.31. The van der Waals surface area contributed by atoms with Gasteiger partial charge in [0.25, 0.3) is 0 Å². The lowest BCUT2D eigenvalue weighted by Crippen LogP contribution is -2.06. The Morgan fingerprint density at radius 3 is 2.19 bits per heavy atom. The van der Waals surface area contributed by atoms with Crippen LogP contribution in [-0.2, 0) is 9.84 Å². The predicted octanol–water partition coefficient (Wildman–Crippen LogP) is 1.65. The topological polar surface area (TPSA) is 57.9 Å². The molecule has 0 aliphatic heterocycles. The summed E-state index contributed by atoms with van der Waals surface area (Å²) in [5, 5.41) is 8.40. The number of benzene rings is 1. The van der Waals surface area contributed by atoms with E-state index in [4.69, 9.17) is 5.26 Å². The first kappa shape index (κ1) is 11.2. The molecule has 0 heterocycles. The maximum Gasteiger partial charge on any atom is 0.152 e. The van der Waals surface area contributed by atoms with Gasteiger partial charge in [-0.15, -0.1) is 0 Å². The van der Waals surface area contributed by atoms with Gasteiger partial charge >= 0.3 is 0 Å². The van der Waals surface area contributed by atoms with E-state index in [0.29, 0.717) is 0 Å². The van der Waals surface area contributed by atoms with Gasteiger partial charge < -0.3 is 0 Å². The van der Waals surface area contributed by atoms with E-state index >= 15 is 0 Å². The molecule has 3 atom stereocenters. The minimum absolute atomic E-state index is 0.138. The van der Waals surface area contributed by atoms with Gasteiger partial charge in [0, 0.05) is 12.2 Å². The zero-order valence-corrected chi connectivity index (χ0v) is 10.0. The number of sulfone groups is 1. The van der Waals surface area contributed by atoms with E-state index in [2.05, 4.69) is 6.07 Å². The summed E-state index contributed by atoms with van der Waals surface area (Å²) in [7, 11) is -3.12. The quantitative estimate of drug-likeness (QED) is 0.783. The lowest BCUT2D eigenvalue weighted by atomic mass is 10.1. The fraction of sp³-hybridized carbons (Fsp3) is 0.417. The summed E-state index contributed by atoms with van der Waals surface area (Å²) < 4.78 is 22.9. The highest BCUT2D eigenvalue weighted by molar-refractivity contribution is 7.91. The molecule has 16 heavy (non-hydrogen) atoms. The first-order valence-electron chi connectivity index (χ1n) is 5.10. The molecule has 0 amide bonds. The molecular weight excluding hydrogens is 222 g/mol. The molecule has 0 N–H and O–H groups in total. The van der Waals surface area contributed by atoms with Gasteiger partial charge in [-0.25, -0.2) is 8.42 Å². The molecule has 0 aromatic heterocycles. The summed E-state index contributed by atoms with van der Waals surface area (Å²) in [5.74, 6) is -0.515. The molecule has 0 unspecified atom stereocenters. The second-order valence-corrected chi connectivity index (χ2v) is 6.59. The highest BCUT2D eigenvalue weighted by atomic mass is 32.2. The van der Waals surface area contributed by atoms with Crippen LogP contribution < -0.4 is 0 Å². The fourth-order valence-corrected chi connectivity index (χ4v) is 3.69. The highest BCUT2D eigenvalue weighted by Gasteiger charge is 2.57. The van der Waals surface area contributed by atoms with Crippen LogP contribution in [0.5, 0.6) is 0 Å². The molecule has 1 aliphatic carbocycles. The molecule has 1 fully saturated rings. The van der Waals surface area contributed by atoms with Gasteiger partial charge in [-0.2, -0.15) is 5.26 Å². The molecule has 84 valence electrons. The van der Waals surface area contributed by atoms with Crippen molar-refractivity contribution in [2.24, 2.45) is 5.92 Å². The Labute approximate surface area is 95.6 Å². The second-order valence-electron chi connectivity index (χ2n) is 4.39. The minimum atomic E-state index is -3.12. The molecule has 3 nitrogen and oxygen atoms in total. The first-order chi connectivity index (χ1) is 7.45. The third-order valence-electron chi connectivity index (χ3n) is 3.06. The summed E-state index contributed by atoms with van der Waals surface area (Å²) in [6.45, 7) is 1.98. The van der Waals surface area contributed by atoms with E-state index < -0.39 is 15.1 Å². The van der Waals surface area contributed by atoms with Crippen molar-refractivity contribution in [2.75, 3.05) is 6.26 Å². The Morgan fingerprint density at radius 1 is 1.25 bits per heavy atom. The smallest absolute Gasteiger partial charge is 0.152 e. The zero-order valence-electron chi connectivity index (χ0n) is 9.21. The van der Waals surface area contributed by atoms with Crippen LogP contribution in [0.2, 0.25) is 0 Å². The number of nitriles is 1. The second kappa shape index (κ2) is 3.60. The molecule has 1 aromatic carbocycles. The Morgan fingerprint density at radius 2 is 1.81 bits per heavy atom. The van der Waals surface area contributed by atoms with Crippen molar-refractivity contribution >= 4 is 9.84 Å². The number of hydrogen-bond donors (Lipinski definition) is 0. The van der Waals surface area contributed by atoms with Gasteiger partial charge in [0.15, 0.2) is 9.84 Å². The van der Waals surface area contributed by atoms with Crippen molar-refractivity contribution in [1.82, 2.24) is 0 Å². The van der Waals surface area contributed by atoms with Crippen LogP contribution >= 0.6 is 0 Å². The van der Waals surface area contributed by atoms with E-state index in [0.717, 1.165) is 11.1 Å². The first-order valence-corrected chi connectivity index (χ1v) is 7.05. The molecule has 0 radical (unpaired) electrons. The van der Waals surface area contributed by atoms with Crippen LogP contribution in [0.1, 0.15) is 17.0 Å². The van der Waals surface area contributed by atoms with E-state index in [1.54, 1.807) is 0 Å². The van der Waals surface area contributed by atoms with Crippen LogP contribution in [0, 0.1) is 24.2 Å². The molecule has 0 bridgehead atoms. The van der Waals surface area contributed by atoms with Crippen LogP contribution in [0.4, 0.5) is 0 Å². The minimum Gasteiger partial charge on any atom is -0.229 e. The number of hydrogen-bond acceptors (Lipinski definition) is 3. The van der Waals surface area contributed by atoms with Crippen molar-refractivity contribution in [3.63, 3.8) is 0 Å². The average Bonchev–Trinajstić information content (AvgIpc) is 2.92. The standard InChI is InChI=1S/C12H13NO2S/c1-8-3-5-9(6-4-8)11-10(7-13)12(11)16(2,14)15/h3-6,10-12H,1-2H3/t10-,11+,12-/m0/s1. The zero-order chi connectivity index (χ0) is 11.9. The third kappa shape index (κ3) is 1.83. The lowest BCUT2D eigenvalue weighted by Gasteiger charge is -1.99. The van der Waals surface area contributed by atoms with E-state index in [1.807, 2.05) is 31.2 Å². The summed E-state index contributed by atoms with van der Waals surface area (Å²) in [4.78, 5) is 0. The van der Waals surface area contributed by atoms with Crippen molar-refractivity contribution < 1.29 is 8.42 Å². The van der Waals surface area contributed by atoms with Gasteiger partial charge in [-0.3, -0.25) is 0 Å². The number of nitrogens with zero attached hydrogens (tertiary/aromatic N) is 1. The lowest BCUT2D eigenvalue weighted by molar-refractivity contribution is 0.599. The molecule has 1 aliphatic rings. The monoisotopic (exact) mass is 235 g/mol. The van der Waals surface area contributed by atoms with Gasteiger partial charge in [0.1, 0.15) is 0 Å². The normalized spacial score (nSPS) is 28.4. The Bertz CT molecular complexity index is 539. The van der Waals surface area contributed by atoms with Crippen LogP contribution in [0.25, 0.3) is 0 Å². The Kier molecular flexibility index (Phi) is 2.51. The van der Waals surface area contributed by atoms with Crippen molar-refractivity contribution in [3.8, 4) is 6.07 Å². The molecule has 1 saturated carbocycles. The molecule has 2 rings (SSSR count). The van der Waals surface area contributed by atoms with Crippen LogP contribution in [0.15, 0.2) is 24.3 Å². The van der Waals surface area contributed by atoms with Crippen molar-refractivity contribution in [1.29, 1.82) is 5.26 Å². The van der Waals surface area contributed by atoms with Gasteiger partial charge in [-0.1, -0.05) is 29.8 Å². The van der Waals surface area contributed by atoms with Gasteiger partial charge in [0.05, 0.1) is 17.2 Å². The summed E-state index contributed by atoms with van der Waals surface area (Å²) >= 11 is 0. The largest absolute Gasteiger partial charge is 0.229 e. The van der Waals surface area contributed by atoms with Crippen molar-refractivity contribution in [3.05, 3.63) is 35.4 Å². The number of rotatable bonds is 2. The third-order valence-corrected chi connectivity index (χ3v) is 4.63. The summed E-state index contributed by atoms with van der Waals surface area (Å²) in [6, 6.07) is 9.80. The Hall–Kier alpha value is -1.34. The summed E-state index contributed by atoms with van der Waals surface area (Å²) in [6.07, 6.45) is 1.20. The molecule has 4 heteroatoms.